The van der Waals surface area contributed by atoms with Gasteiger partial charge in [0.1, 0.15) is 4.90 Å². The first-order chi connectivity index (χ1) is 12.0. The van der Waals surface area contributed by atoms with Crippen molar-refractivity contribution in [2.45, 2.75) is 30.8 Å². The first-order valence-corrected chi connectivity index (χ1v) is 9.43. The van der Waals surface area contributed by atoms with Crippen LogP contribution in [-0.4, -0.2) is 14.2 Å². The monoisotopic (exact) mass is 405 g/mol. The van der Waals surface area contributed by atoms with E-state index in [4.69, 9.17) is 11.6 Å². The molecule has 0 heterocycles. The van der Waals surface area contributed by atoms with Gasteiger partial charge in [0.15, 0.2) is 5.78 Å². The molecule has 0 fully saturated rings. The zero-order valence-corrected chi connectivity index (χ0v) is 15.2. The highest BCUT2D eigenvalue weighted by molar-refractivity contribution is 7.92. The predicted molar refractivity (Wildman–Crippen MR) is 92.9 cm³/mol. The highest BCUT2D eigenvalue weighted by Crippen LogP contribution is 2.34. The molecule has 0 saturated heterocycles. The van der Waals surface area contributed by atoms with Crippen LogP contribution in [0.5, 0.6) is 0 Å². The maximum atomic E-state index is 12.8. The van der Waals surface area contributed by atoms with Gasteiger partial charge in [0, 0.05) is 17.7 Å². The van der Waals surface area contributed by atoms with Crippen LogP contribution in [0, 0.1) is 0 Å². The third kappa shape index (κ3) is 4.76. The Morgan fingerprint density at radius 1 is 1.12 bits per heavy atom. The minimum Gasteiger partial charge on any atom is -0.294 e. The lowest BCUT2D eigenvalue weighted by molar-refractivity contribution is -0.137. The zero-order valence-electron chi connectivity index (χ0n) is 13.6. The molecule has 0 aliphatic carbocycles. The molecule has 0 amide bonds. The Kier molecular flexibility index (Phi) is 5.98. The normalized spacial score (nSPS) is 12.0. The van der Waals surface area contributed by atoms with Crippen LogP contribution in [0.25, 0.3) is 0 Å². The number of Topliss-reactive ketones (excluding diaryl/α,β-unsaturated/α-hetero) is 1. The summed E-state index contributed by atoms with van der Waals surface area (Å²) in [6.45, 7) is 1.86. The van der Waals surface area contributed by atoms with E-state index in [0.717, 1.165) is 6.07 Å². The Bertz CT molecular complexity index is 910. The summed E-state index contributed by atoms with van der Waals surface area (Å²) in [6, 6.07) is 7.68. The van der Waals surface area contributed by atoms with Crippen LogP contribution in [0.3, 0.4) is 0 Å². The van der Waals surface area contributed by atoms with Crippen LogP contribution in [-0.2, 0) is 16.2 Å². The summed E-state index contributed by atoms with van der Waals surface area (Å²) in [5, 5.41) is -0.333. The van der Waals surface area contributed by atoms with E-state index in [1.54, 1.807) is 0 Å². The summed E-state index contributed by atoms with van der Waals surface area (Å²) in [5.74, 6) is -0.0807. The second-order valence-electron chi connectivity index (χ2n) is 5.50. The van der Waals surface area contributed by atoms with Crippen LogP contribution < -0.4 is 4.72 Å². The molecule has 0 unspecified atom stereocenters. The molecule has 2 aromatic carbocycles. The minimum atomic E-state index is -4.70. The molecule has 26 heavy (non-hydrogen) atoms. The number of carbonyl (C=O) groups excluding carboxylic acids is 1. The van der Waals surface area contributed by atoms with Crippen molar-refractivity contribution in [1.82, 2.24) is 0 Å². The maximum absolute atomic E-state index is 12.8. The van der Waals surface area contributed by atoms with Crippen molar-refractivity contribution in [2.24, 2.45) is 0 Å². The molecule has 9 heteroatoms. The van der Waals surface area contributed by atoms with Crippen LogP contribution in [0.4, 0.5) is 18.9 Å². The molecular formula is C17H15ClF3NO3S. The highest BCUT2D eigenvalue weighted by atomic mass is 35.5. The molecule has 0 radical (unpaired) electrons. The first-order valence-electron chi connectivity index (χ1n) is 7.57. The van der Waals surface area contributed by atoms with E-state index in [9.17, 15) is 26.4 Å². The van der Waals surface area contributed by atoms with Gasteiger partial charge in [-0.1, -0.05) is 18.5 Å². The van der Waals surface area contributed by atoms with Crippen LogP contribution in [0.2, 0.25) is 5.02 Å². The second-order valence-corrected chi connectivity index (χ2v) is 7.56. The van der Waals surface area contributed by atoms with Crippen molar-refractivity contribution in [2.75, 3.05) is 4.72 Å². The summed E-state index contributed by atoms with van der Waals surface area (Å²) in [4.78, 5) is 11.1. The van der Waals surface area contributed by atoms with Gasteiger partial charge in [-0.15, -0.1) is 0 Å². The number of rotatable bonds is 6. The number of halogens is 4. The smallest absolute Gasteiger partial charge is 0.294 e. The Balaban J connectivity index is 2.30. The lowest BCUT2D eigenvalue weighted by atomic mass is 10.1. The quantitative estimate of drug-likeness (QED) is 0.676. The summed E-state index contributed by atoms with van der Waals surface area (Å²) < 4.78 is 65.4. The molecule has 0 saturated carbocycles. The summed E-state index contributed by atoms with van der Waals surface area (Å²) in [7, 11) is -4.34. The minimum absolute atomic E-state index is 0.0807. The highest BCUT2D eigenvalue weighted by Gasteiger charge is 2.32. The van der Waals surface area contributed by atoms with Gasteiger partial charge in [-0.05, 0) is 48.9 Å². The molecule has 0 bridgehead atoms. The van der Waals surface area contributed by atoms with Crippen molar-refractivity contribution in [3.05, 3.63) is 58.6 Å². The topological polar surface area (TPSA) is 63.2 Å². The number of sulfonamides is 1. The van der Waals surface area contributed by atoms with E-state index >= 15 is 0 Å². The number of anilines is 1. The fourth-order valence-electron chi connectivity index (χ4n) is 2.19. The summed E-state index contributed by atoms with van der Waals surface area (Å²) in [5.41, 5.74) is -0.596. The van der Waals surface area contributed by atoms with Crippen molar-refractivity contribution in [3.8, 4) is 0 Å². The van der Waals surface area contributed by atoms with Crippen molar-refractivity contribution in [1.29, 1.82) is 0 Å². The van der Waals surface area contributed by atoms with Gasteiger partial charge in [0.25, 0.3) is 10.0 Å². The second kappa shape index (κ2) is 7.67. The van der Waals surface area contributed by atoms with Crippen molar-refractivity contribution < 1.29 is 26.4 Å². The Hall–Kier alpha value is -2.06. The molecule has 0 atom stereocenters. The van der Waals surface area contributed by atoms with Gasteiger partial charge < -0.3 is 0 Å². The molecule has 0 aliphatic heterocycles. The van der Waals surface area contributed by atoms with Crippen molar-refractivity contribution >= 4 is 33.1 Å². The number of benzene rings is 2. The Labute approximate surface area is 154 Å². The van der Waals surface area contributed by atoms with Gasteiger partial charge in [0.2, 0.25) is 0 Å². The van der Waals surface area contributed by atoms with E-state index in [1.807, 2.05) is 6.92 Å². The molecular weight excluding hydrogens is 391 g/mol. The Morgan fingerprint density at radius 2 is 1.73 bits per heavy atom. The fraction of sp³-hybridized carbons (Fsp3) is 0.235. The lowest BCUT2D eigenvalue weighted by Gasteiger charge is -2.13. The zero-order chi connectivity index (χ0) is 19.5. The number of alkyl halides is 3. The number of nitrogens with one attached hydrogen (secondary N) is 1. The first kappa shape index (κ1) is 20.3. The van der Waals surface area contributed by atoms with E-state index in [0.29, 0.717) is 30.5 Å². The summed E-state index contributed by atoms with van der Waals surface area (Å²) in [6.07, 6.45) is -3.65. The van der Waals surface area contributed by atoms with E-state index in [-0.39, 0.29) is 16.5 Å². The van der Waals surface area contributed by atoms with E-state index in [1.165, 1.54) is 24.3 Å². The number of carbonyl (C=O) groups is 1. The van der Waals surface area contributed by atoms with Gasteiger partial charge in [0.05, 0.1) is 10.6 Å². The maximum Gasteiger partial charge on any atom is 0.416 e. The van der Waals surface area contributed by atoms with Gasteiger partial charge in [-0.25, -0.2) is 8.42 Å². The van der Waals surface area contributed by atoms with Crippen LogP contribution in [0.1, 0.15) is 35.7 Å². The van der Waals surface area contributed by atoms with E-state index < -0.39 is 26.7 Å². The number of hydrogen-bond donors (Lipinski definition) is 1. The Morgan fingerprint density at radius 3 is 2.27 bits per heavy atom. The van der Waals surface area contributed by atoms with Crippen LogP contribution in [0.15, 0.2) is 47.4 Å². The third-order valence-corrected chi connectivity index (χ3v) is 5.35. The largest absolute Gasteiger partial charge is 0.416 e. The molecule has 1 N–H and O–H groups in total. The average Bonchev–Trinajstić information content (AvgIpc) is 2.54. The number of hydrogen-bond acceptors (Lipinski definition) is 3. The van der Waals surface area contributed by atoms with Gasteiger partial charge >= 0.3 is 6.18 Å². The lowest BCUT2D eigenvalue weighted by Crippen LogP contribution is -2.15. The number of ketones is 1. The SMILES string of the molecule is CCCC(=O)c1ccc(NS(=O)(=O)c2cc(C(F)(F)F)ccc2Cl)cc1. The molecule has 0 aliphatic rings. The van der Waals surface area contributed by atoms with Gasteiger partial charge in [-0.2, -0.15) is 13.2 Å². The third-order valence-electron chi connectivity index (χ3n) is 3.48. The molecule has 140 valence electrons. The van der Waals surface area contributed by atoms with Gasteiger partial charge in [-0.3, -0.25) is 9.52 Å². The molecule has 0 aromatic heterocycles. The standard InChI is InChI=1S/C17H15ClF3NO3S/c1-2-3-15(23)11-4-7-13(8-5-11)22-26(24,25)16-10-12(17(19,20)21)6-9-14(16)18/h4-10,22H,2-3H2,1H3. The van der Waals surface area contributed by atoms with Crippen LogP contribution >= 0.6 is 11.6 Å². The average molecular weight is 406 g/mol. The fourth-order valence-corrected chi connectivity index (χ4v) is 3.78. The molecule has 0 spiro atoms. The van der Waals surface area contributed by atoms with E-state index in [2.05, 4.69) is 4.72 Å². The van der Waals surface area contributed by atoms with Crippen molar-refractivity contribution in [3.63, 3.8) is 0 Å². The summed E-state index contributed by atoms with van der Waals surface area (Å²) >= 11 is 5.77. The molecule has 2 rings (SSSR count). The predicted octanol–water partition coefficient (Wildman–Crippen LogP) is 5.14. The molecule has 4 nitrogen and oxygen atoms in total. The molecule has 2 aromatic rings.